The molecule has 0 spiro atoms. The van der Waals surface area contributed by atoms with Crippen molar-refractivity contribution in [1.29, 1.82) is 0 Å². The van der Waals surface area contributed by atoms with Crippen molar-refractivity contribution >= 4 is 32.6 Å². The van der Waals surface area contributed by atoms with Crippen LogP contribution >= 0.6 is 11.3 Å². The number of ether oxygens (including phenoxy) is 4. The Morgan fingerprint density at radius 3 is 2.65 bits per heavy atom. The van der Waals surface area contributed by atoms with Crippen LogP contribution in [0.25, 0.3) is 10.2 Å². The summed E-state index contributed by atoms with van der Waals surface area (Å²) < 4.78 is 23.2. The fraction of sp³-hybridized carbons (Fsp3) is 0.222. The van der Waals surface area contributed by atoms with Gasteiger partial charge in [-0.15, -0.1) is 0 Å². The average Bonchev–Trinajstić information content (AvgIpc) is 3.23. The lowest BCUT2D eigenvalue weighted by Gasteiger charge is -2.30. The van der Waals surface area contributed by atoms with Crippen LogP contribution in [0.15, 0.2) is 36.4 Å². The first-order chi connectivity index (χ1) is 12.7. The van der Waals surface area contributed by atoms with Crippen molar-refractivity contribution < 1.29 is 23.7 Å². The number of nitrogens with zero attached hydrogens (tertiary/aromatic N) is 1. The second kappa shape index (κ2) is 5.77. The van der Waals surface area contributed by atoms with Gasteiger partial charge in [0.25, 0.3) is 5.91 Å². The van der Waals surface area contributed by atoms with E-state index in [1.807, 2.05) is 30.3 Å². The molecule has 8 heteroatoms. The molecule has 0 radical (unpaired) electrons. The molecule has 2 aromatic carbocycles. The highest BCUT2D eigenvalue weighted by molar-refractivity contribution is 7.22. The second-order valence-electron chi connectivity index (χ2n) is 5.99. The van der Waals surface area contributed by atoms with E-state index >= 15 is 0 Å². The topological polar surface area (TPSA) is 78.9 Å². The number of carbonyl (C=O) groups is 1. The lowest BCUT2D eigenvalue weighted by Crippen LogP contribution is -2.46. The van der Waals surface area contributed by atoms with E-state index < -0.39 is 12.2 Å². The number of hydrogen-bond donors (Lipinski definition) is 1. The van der Waals surface area contributed by atoms with E-state index in [-0.39, 0.29) is 12.7 Å². The maximum absolute atomic E-state index is 12.7. The number of benzene rings is 2. The number of aromatic nitrogens is 1. The smallest absolute Gasteiger partial charge is 0.271 e. The molecule has 0 aliphatic carbocycles. The van der Waals surface area contributed by atoms with E-state index in [4.69, 9.17) is 18.9 Å². The van der Waals surface area contributed by atoms with Crippen molar-refractivity contribution in [3.8, 4) is 23.0 Å². The molecule has 0 saturated heterocycles. The van der Waals surface area contributed by atoms with Crippen LogP contribution in [0.4, 0.5) is 5.13 Å². The maximum Gasteiger partial charge on any atom is 0.271 e. The Bertz CT molecular complexity index is 977. The first-order valence-electron chi connectivity index (χ1n) is 8.11. The minimum atomic E-state index is -0.756. The van der Waals surface area contributed by atoms with Gasteiger partial charge in [-0.3, -0.25) is 10.1 Å². The summed E-state index contributed by atoms with van der Waals surface area (Å²) in [6.45, 7) is 2.02. The Morgan fingerprint density at radius 1 is 1.12 bits per heavy atom. The number of anilines is 1. The predicted molar refractivity (Wildman–Crippen MR) is 95.3 cm³/mol. The number of rotatable bonds is 2. The van der Waals surface area contributed by atoms with Crippen LogP contribution in [-0.2, 0) is 4.79 Å². The highest BCUT2D eigenvalue weighted by Crippen LogP contribution is 2.39. The normalized spacial score (nSPS) is 20.2. The van der Waals surface area contributed by atoms with E-state index in [0.29, 0.717) is 28.1 Å². The van der Waals surface area contributed by atoms with Gasteiger partial charge >= 0.3 is 0 Å². The molecule has 1 amide bonds. The highest BCUT2D eigenvalue weighted by Gasteiger charge is 2.34. The van der Waals surface area contributed by atoms with Gasteiger partial charge in [0.05, 0.1) is 10.2 Å². The summed E-state index contributed by atoms with van der Waals surface area (Å²) in [5, 5.41) is 3.31. The Labute approximate surface area is 152 Å². The standard InChI is InChI=1S/C18H14N2O5S/c1-9-16(25-12-5-3-2-4-11(12)24-9)17(21)20-18-19-10-6-13-14(23-8-22-13)7-15(10)26-18/h2-7,9,16H,8H2,1H3,(H,19,20,21). The molecule has 132 valence electrons. The first kappa shape index (κ1) is 15.3. The number of thiazole rings is 1. The molecule has 2 aliphatic heterocycles. The number of fused-ring (bicyclic) bond motifs is 3. The van der Waals surface area contributed by atoms with Gasteiger partial charge in [-0.1, -0.05) is 23.5 Å². The molecule has 2 aliphatic rings. The van der Waals surface area contributed by atoms with Crippen molar-refractivity contribution in [2.24, 2.45) is 0 Å². The Kier molecular flexibility index (Phi) is 3.39. The van der Waals surface area contributed by atoms with E-state index in [1.165, 1.54) is 11.3 Å². The number of carbonyl (C=O) groups excluding carboxylic acids is 1. The third-order valence-corrected chi connectivity index (χ3v) is 5.15. The molecule has 1 aromatic heterocycles. The van der Waals surface area contributed by atoms with Crippen LogP contribution < -0.4 is 24.3 Å². The zero-order valence-corrected chi connectivity index (χ0v) is 14.5. The van der Waals surface area contributed by atoms with Gasteiger partial charge in [-0.25, -0.2) is 4.98 Å². The fourth-order valence-electron chi connectivity index (χ4n) is 2.95. The van der Waals surface area contributed by atoms with Gasteiger partial charge in [-0.2, -0.15) is 0 Å². The molecule has 0 saturated carbocycles. The van der Waals surface area contributed by atoms with E-state index in [0.717, 1.165) is 10.2 Å². The largest absolute Gasteiger partial charge is 0.482 e. The molecule has 0 bridgehead atoms. The molecular weight excluding hydrogens is 356 g/mol. The van der Waals surface area contributed by atoms with Crippen LogP contribution in [0.1, 0.15) is 6.92 Å². The Hall–Kier alpha value is -3.00. The van der Waals surface area contributed by atoms with Crippen molar-refractivity contribution in [3.63, 3.8) is 0 Å². The molecule has 1 N–H and O–H groups in total. The summed E-state index contributed by atoms with van der Waals surface area (Å²) in [5.74, 6) is 2.24. The van der Waals surface area contributed by atoms with Crippen molar-refractivity contribution in [2.75, 3.05) is 12.1 Å². The predicted octanol–water partition coefficient (Wildman–Crippen LogP) is 3.19. The number of hydrogen-bond acceptors (Lipinski definition) is 7. The minimum absolute atomic E-state index is 0.217. The molecule has 3 heterocycles. The lowest BCUT2D eigenvalue weighted by atomic mass is 10.1. The summed E-state index contributed by atoms with van der Waals surface area (Å²) >= 11 is 1.37. The van der Waals surface area contributed by atoms with Crippen LogP contribution in [-0.4, -0.2) is 29.9 Å². The van der Waals surface area contributed by atoms with E-state index in [1.54, 1.807) is 13.0 Å². The van der Waals surface area contributed by atoms with Gasteiger partial charge in [0.1, 0.15) is 6.10 Å². The third kappa shape index (κ3) is 2.50. The SMILES string of the molecule is CC1Oc2ccccc2OC1C(=O)Nc1nc2cc3c(cc2s1)OCO3. The van der Waals surface area contributed by atoms with Crippen LogP contribution in [0, 0.1) is 0 Å². The van der Waals surface area contributed by atoms with E-state index in [2.05, 4.69) is 10.3 Å². The van der Waals surface area contributed by atoms with Gasteiger partial charge in [0.15, 0.2) is 28.1 Å². The minimum Gasteiger partial charge on any atom is -0.482 e. The summed E-state index contributed by atoms with van der Waals surface area (Å²) in [4.78, 5) is 17.1. The van der Waals surface area contributed by atoms with Gasteiger partial charge in [0, 0.05) is 12.1 Å². The van der Waals surface area contributed by atoms with E-state index in [9.17, 15) is 4.79 Å². The monoisotopic (exact) mass is 370 g/mol. The molecule has 0 fully saturated rings. The van der Waals surface area contributed by atoms with Gasteiger partial charge < -0.3 is 18.9 Å². The second-order valence-corrected chi connectivity index (χ2v) is 7.02. The average molecular weight is 370 g/mol. The third-order valence-electron chi connectivity index (χ3n) is 4.21. The Morgan fingerprint density at radius 2 is 1.85 bits per heavy atom. The number of amides is 1. The summed E-state index contributed by atoms with van der Waals surface area (Å²) in [7, 11) is 0. The van der Waals surface area contributed by atoms with Crippen molar-refractivity contribution in [1.82, 2.24) is 4.98 Å². The molecule has 2 atom stereocenters. The van der Waals surface area contributed by atoms with Gasteiger partial charge in [-0.05, 0) is 19.1 Å². The molecule has 3 aromatic rings. The van der Waals surface area contributed by atoms with Crippen LogP contribution in [0.2, 0.25) is 0 Å². The Balaban J connectivity index is 1.38. The molecule has 26 heavy (non-hydrogen) atoms. The molecule has 5 rings (SSSR count). The molecule has 7 nitrogen and oxygen atoms in total. The quantitative estimate of drug-likeness (QED) is 0.746. The lowest BCUT2D eigenvalue weighted by molar-refractivity contribution is -0.128. The summed E-state index contributed by atoms with van der Waals surface area (Å²) in [6, 6.07) is 11.0. The van der Waals surface area contributed by atoms with Crippen molar-refractivity contribution in [3.05, 3.63) is 36.4 Å². The number of nitrogens with one attached hydrogen (secondary N) is 1. The summed E-state index contributed by atoms with van der Waals surface area (Å²) in [6.07, 6.45) is -1.17. The maximum atomic E-state index is 12.7. The summed E-state index contributed by atoms with van der Waals surface area (Å²) in [5.41, 5.74) is 0.744. The molecule has 2 unspecified atom stereocenters. The van der Waals surface area contributed by atoms with Crippen LogP contribution in [0.5, 0.6) is 23.0 Å². The van der Waals surface area contributed by atoms with Crippen LogP contribution in [0.3, 0.4) is 0 Å². The van der Waals surface area contributed by atoms with Crippen molar-refractivity contribution in [2.45, 2.75) is 19.1 Å². The highest BCUT2D eigenvalue weighted by atomic mass is 32.1. The first-order valence-corrected chi connectivity index (χ1v) is 8.92. The zero-order chi connectivity index (χ0) is 17.7. The van der Waals surface area contributed by atoms with Gasteiger partial charge in [0.2, 0.25) is 12.9 Å². The molecular formula is C18H14N2O5S. The number of para-hydroxylation sites is 2. The zero-order valence-electron chi connectivity index (χ0n) is 13.7. The fourth-order valence-corrected chi connectivity index (χ4v) is 3.83.